The normalized spacial score (nSPS) is 24.1. The number of halogens is 1. The molecule has 0 aliphatic carbocycles. The van der Waals surface area contributed by atoms with Gasteiger partial charge in [0.15, 0.2) is 0 Å². The smallest absolute Gasteiger partial charge is 0.314 e. The Bertz CT molecular complexity index is 143. The molecule has 1 aliphatic heterocycles. The number of urea groups is 1. The highest BCUT2D eigenvalue weighted by atomic mass is 35.5. The SMILES string of the molecule is Cl.NC(=O)N1CCCC(O)C1. The maximum Gasteiger partial charge on any atom is 0.314 e. The maximum atomic E-state index is 10.5. The van der Waals surface area contributed by atoms with Gasteiger partial charge in [-0.15, -0.1) is 12.4 Å². The number of hydrogen-bond donors (Lipinski definition) is 2. The summed E-state index contributed by atoms with van der Waals surface area (Å²) in [5, 5.41) is 9.08. The Hall–Kier alpha value is -0.480. The predicted octanol–water partition coefficient (Wildman–Crippen LogP) is -0.0564. The molecule has 1 unspecified atom stereocenters. The number of carbonyl (C=O) groups excluding carboxylic acids is 1. The van der Waals surface area contributed by atoms with Crippen LogP contribution in [0.3, 0.4) is 0 Å². The van der Waals surface area contributed by atoms with Crippen molar-refractivity contribution >= 4 is 18.4 Å². The Morgan fingerprint density at radius 3 is 2.64 bits per heavy atom. The summed E-state index contributed by atoms with van der Waals surface area (Å²) in [6.45, 7) is 1.09. The largest absolute Gasteiger partial charge is 0.391 e. The zero-order chi connectivity index (χ0) is 7.56. The molecule has 0 aromatic carbocycles. The first-order valence-corrected chi connectivity index (χ1v) is 3.42. The van der Waals surface area contributed by atoms with Crippen LogP contribution in [0, 0.1) is 0 Å². The standard InChI is InChI=1S/C6H12N2O2.ClH/c7-6(10)8-3-1-2-5(9)4-8;/h5,9H,1-4H2,(H2,7,10);1H. The fourth-order valence-corrected chi connectivity index (χ4v) is 1.15. The molecule has 11 heavy (non-hydrogen) atoms. The fourth-order valence-electron chi connectivity index (χ4n) is 1.15. The van der Waals surface area contributed by atoms with Crippen LogP contribution in [0.15, 0.2) is 0 Å². The summed E-state index contributed by atoms with van der Waals surface area (Å²) in [5.41, 5.74) is 5.01. The molecular weight excluding hydrogens is 168 g/mol. The first-order valence-electron chi connectivity index (χ1n) is 3.42. The molecule has 1 heterocycles. The summed E-state index contributed by atoms with van der Waals surface area (Å²) in [4.78, 5) is 12.0. The van der Waals surface area contributed by atoms with Crippen LogP contribution in [0.5, 0.6) is 0 Å². The van der Waals surface area contributed by atoms with E-state index < -0.39 is 6.03 Å². The van der Waals surface area contributed by atoms with E-state index in [4.69, 9.17) is 10.8 Å². The lowest BCUT2D eigenvalue weighted by atomic mass is 10.1. The van der Waals surface area contributed by atoms with Gasteiger partial charge in [-0.1, -0.05) is 0 Å². The molecule has 4 nitrogen and oxygen atoms in total. The van der Waals surface area contributed by atoms with Gasteiger partial charge in [-0.25, -0.2) is 4.79 Å². The van der Waals surface area contributed by atoms with E-state index in [0.29, 0.717) is 13.1 Å². The van der Waals surface area contributed by atoms with Crippen molar-refractivity contribution in [1.82, 2.24) is 4.90 Å². The van der Waals surface area contributed by atoms with Gasteiger partial charge in [0.2, 0.25) is 0 Å². The first-order chi connectivity index (χ1) is 4.70. The van der Waals surface area contributed by atoms with Crippen LogP contribution in [0.25, 0.3) is 0 Å². The van der Waals surface area contributed by atoms with Crippen LogP contribution in [0.2, 0.25) is 0 Å². The van der Waals surface area contributed by atoms with E-state index in [1.807, 2.05) is 0 Å². The van der Waals surface area contributed by atoms with Gasteiger partial charge in [-0.2, -0.15) is 0 Å². The summed E-state index contributed by atoms with van der Waals surface area (Å²) < 4.78 is 0. The number of likely N-dealkylation sites (tertiary alicyclic amines) is 1. The van der Waals surface area contributed by atoms with E-state index in [1.54, 1.807) is 0 Å². The van der Waals surface area contributed by atoms with Crippen molar-refractivity contribution in [2.75, 3.05) is 13.1 Å². The molecule has 0 saturated carbocycles. The average molecular weight is 181 g/mol. The van der Waals surface area contributed by atoms with Gasteiger partial charge in [0.25, 0.3) is 0 Å². The summed E-state index contributed by atoms with van der Waals surface area (Å²) >= 11 is 0. The van der Waals surface area contributed by atoms with Gasteiger partial charge >= 0.3 is 6.03 Å². The summed E-state index contributed by atoms with van der Waals surface area (Å²) in [5.74, 6) is 0. The third kappa shape index (κ3) is 2.95. The molecule has 0 aromatic rings. The molecule has 0 aromatic heterocycles. The van der Waals surface area contributed by atoms with E-state index in [-0.39, 0.29) is 18.5 Å². The van der Waals surface area contributed by atoms with Crippen molar-refractivity contribution in [1.29, 1.82) is 0 Å². The minimum atomic E-state index is -0.432. The monoisotopic (exact) mass is 180 g/mol. The second-order valence-electron chi connectivity index (χ2n) is 2.58. The number of piperidine rings is 1. The molecule has 1 fully saturated rings. The molecule has 1 atom stereocenters. The number of carbonyl (C=O) groups is 1. The predicted molar refractivity (Wildman–Crippen MR) is 43.6 cm³/mol. The van der Waals surface area contributed by atoms with Gasteiger partial charge in [0.1, 0.15) is 0 Å². The van der Waals surface area contributed by atoms with E-state index >= 15 is 0 Å². The number of aliphatic hydroxyl groups is 1. The van der Waals surface area contributed by atoms with E-state index in [2.05, 4.69) is 0 Å². The van der Waals surface area contributed by atoms with Crippen molar-refractivity contribution in [3.63, 3.8) is 0 Å². The number of β-amino-alcohol motifs (C(OH)–C–C–N with tert-alkyl or cyclic N) is 1. The van der Waals surface area contributed by atoms with Gasteiger partial charge in [0.05, 0.1) is 6.10 Å². The van der Waals surface area contributed by atoms with Crippen molar-refractivity contribution < 1.29 is 9.90 Å². The number of rotatable bonds is 0. The number of primary amides is 1. The van der Waals surface area contributed by atoms with Crippen molar-refractivity contribution in [2.45, 2.75) is 18.9 Å². The van der Waals surface area contributed by atoms with Gasteiger partial charge in [0, 0.05) is 13.1 Å². The number of hydrogen-bond acceptors (Lipinski definition) is 2. The zero-order valence-electron chi connectivity index (χ0n) is 6.19. The highest BCUT2D eigenvalue weighted by Crippen LogP contribution is 2.08. The number of nitrogens with zero attached hydrogens (tertiary/aromatic N) is 1. The quantitative estimate of drug-likeness (QED) is 0.549. The lowest BCUT2D eigenvalue weighted by Crippen LogP contribution is -2.44. The Labute approximate surface area is 71.8 Å². The van der Waals surface area contributed by atoms with Crippen molar-refractivity contribution in [3.8, 4) is 0 Å². The van der Waals surface area contributed by atoms with E-state index in [0.717, 1.165) is 12.8 Å². The number of nitrogens with two attached hydrogens (primary N) is 1. The topological polar surface area (TPSA) is 66.6 Å². The minimum absolute atomic E-state index is 0. The van der Waals surface area contributed by atoms with E-state index in [9.17, 15) is 4.79 Å². The summed E-state index contributed by atoms with van der Waals surface area (Å²) in [7, 11) is 0. The maximum absolute atomic E-state index is 10.5. The zero-order valence-corrected chi connectivity index (χ0v) is 7.01. The first kappa shape index (κ1) is 10.5. The second kappa shape index (κ2) is 4.41. The lowest BCUT2D eigenvalue weighted by molar-refractivity contribution is 0.0870. The molecule has 1 rings (SSSR count). The summed E-state index contributed by atoms with van der Waals surface area (Å²) in [6, 6.07) is -0.432. The van der Waals surface area contributed by atoms with Crippen LogP contribution in [-0.2, 0) is 0 Å². The number of aliphatic hydroxyl groups excluding tert-OH is 1. The van der Waals surface area contributed by atoms with Crippen molar-refractivity contribution in [3.05, 3.63) is 0 Å². The third-order valence-electron chi connectivity index (χ3n) is 1.71. The van der Waals surface area contributed by atoms with Gasteiger partial charge in [-0.05, 0) is 12.8 Å². The van der Waals surface area contributed by atoms with Crippen LogP contribution < -0.4 is 5.73 Å². The molecule has 5 heteroatoms. The molecule has 0 spiro atoms. The molecule has 0 bridgehead atoms. The van der Waals surface area contributed by atoms with Crippen LogP contribution in [-0.4, -0.2) is 35.2 Å². The Morgan fingerprint density at radius 2 is 2.27 bits per heavy atom. The fraction of sp³-hybridized carbons (Fsp3) is 0.833. The Kier molecular flexibility index (Phi) is 4.22. The summed E-state index contributed by atoms with van der Waals surface area (Å²) in [6.07, 6.45) is 1.26. The van der Waals surface area contributed by atoms with E-state index in [1.165, 1.54) is 4.90 Å². The molecule has 2 amide bonds. The third-order valence-corrected chi connectivity index (χ3v) is 1.71. The minimum Gasteiger partial charge on any atom is -0.391 e. The highest BCUT2D eigenvalue weighted by molar-refractivity contribution is 5.85. The average Bonchev–Trinajstić information content (AvgIpc) is 1.88. The van der Waals surface area contributed by atoms with Crippen LogP contribution >= 0.6 is 12.4 Å². The van der Waals surface area contributed by atoms with Crippen molar-refractivity contribution in [2.24, 2.45) is 5.73 Å². The Morgan fingerprint density at radius 1 is 1.64 bits per heavy atom. The number of amides is 2. The second-order valence-corrected chi connectivity index (χ2v) is 2.58. The Balaban J connectivity index is 0.000001000. The van der Waals surface area contributed by atoms with Gasteiger partial charge in [-0.3, -0.25) is 0 Å². The highest BCUT2D eigenvalue weighted by Gasteiger charge is 2.19. The molecule has 1 saturated heterocycles. The van der Waals surface area contributed by atoms with Gasteiger partial charge < -0.3 is 15.7 Å². The lowest BCUT2D eigenvalue weighted by Gasteiger charge is -2.28. The molecular formula is C6H13ClN2O2. The molecule has 66 valence electrons. The molecule has 1 aliphatic rings. The molecule has 0 radical (unpaired) electrons. The van der Waals surface area contributed by atoms with Crippen LogP contribution in [0.1, 0.15) is 12.8 Å². The molecule has 3 N–H and O–H groups in total. The van der Waals surface area contributed by atoms with Crippen LogP contribution in [0.4, 0.5) is 4.79 Å².